The summed E-state index contributed by atoms with van der Waals surface area (Å²) >= 11 is 0. The van der Waals surface area contributed by atoms with Crippen molar-refractivity contribution in [1.82, 2.24) is 0 Å². The highest BCUT2D eigenvalue weighted by Gasteiger charge is 2.21. The molecule has 1 N–H and O–H groups in total. The van der Waals surface area contributed by atoms with E-state index in [4.69, 9.17) is 13.9 Å². The fourth-order valence-electron chi connectivity index (χ4n) is 3.90. The minimum atomic E-state index is -0.579. The van der Waals surface area contributed by atoms with Crippen LogP contribution in [0.5, 0.6) is 5.75 Å². The topological polar surface area (TPSA) is 94.8 Å². The van der Waals surface area contributed by atoms with Crippen LogP contribution in [0.2, 0.25) is 0 Å². The Bertz CT molecular complexity index is 1480. The Labute approximate surface area is 202 Å². The van der Waals surface area contributed by atoms with Crippen molar-refractivity contribution in [1.29, 1.82) is 0 Å². The van der Waals surface area contributed by atoms with E-state index < -0.39 is 18.5 Å². The summed E-state index contributed by atoms with van der Waals surface area (Å²) < 4.78 is 16.7. The maximum atomic E-state index is 13.5. The maximum absolute atomic E-state index is 13.5. The molecule has 0 saturated heterocycles. The number of hydrogen-bond acceptors (Lipinski definition) is 6. The molecule has 4 aromatic rings. The molecule has 0 spiro atoms. The van der Waals surface area contributed by atoms with Crippen LogP contribution >= 0.6 is 0 Å². The first-order chi connectivity index (χ1) is 16.8. The summed E-state index contributed by atoms with van der Waals surface area (Å²) in [6.07, 6.45) is 0. The summed E-state index contributed by atoms with van der Waals surface area (Å²) in [5.74, 6) is -0.930. The van der Waals surface area contributed by atoms with Crippen LogP contribution in [0.25, 0.3) is 22.3 Å². The summed E-state index contributed by atoms with van der Waals surface area (Å²) in [6.45, 7) is 5.26. The van der Waals surface area contributed by atoms with Crippen LogP contribution < -0.4 is 15.5 Å². The normalized spacial score (nSPS) is 10.7. The molecule has 1 heterocycles. The molecule has 4 rings (SSSR count). The van der Waals surface area contributed by atoms with Crippen LogP contribution in [0.3, 0.4) is 0 Å². The zero-order chi connectivity index (χ0) is 25.1. The number of nitrogens with one attached hydrogen (secondary N) is 1. The number of ether oxygens (including phenoxy) is 2. The van der Waals surface area contributed by atoms with Crippen molar-refractivity contribution in [3.05, 3.63) is 93.1 Å². The van der Waals surface area contributed by atoms with E-state index in [1.165, 1.54) is 7.11 Å². The van der Waals surface area contributed by atoms with Crippen molar-refractivity contribution in [3.63, 3.8) is 0 Å². The lowest BCUT2D eigenvalue weighted by molar-refractivity contribution is -0.118. The molecule has 7 heteroatoms. The number of para-hydroxylation sites is 1. The van der Waals surface area contributed by atoms with Gasteiger partial charge in [-0.2, -0.15) is 0 Å². The Morgan fingerprint density at radius 1 is 0.943 bits per heavy atom. The second-order valence-electron chi connectivity index (χ2n) is 8.28. The second kappa shape index (κ2) is 9.85. The smallest absolute Gasteiger partial charge is 0.339 e. The van der Waals surface area contributed by atoms with Crippen LogP contribution in [-0.4, -0.2) is 25.6 Å². The number of rotatable bonds is 6. The van der Waals surface area contributed by atoms with Crippen molar-refractivity contribution in [3.8, 4) is 17.1 Å². The first-order valence-corrected chi connectivity index (χ1v) is 11.0. The lowest BCUT2D eigenvalue weighted by Crippen LogP contribution is -2.24. The van der Waals surface area contributed by atoms with Crippen molar-refractivity contribution in [2.75, 3.05) is 19.0 Å². The van der Waals surface area contributed by atoms with Gasteiger partial charge in [-0.1, -0.05) is 48.0 Å². The van der Waals surface area contributed by atoms with E-state index in [9.17, 15) is 14.4 Å². The van der Waals surface area contributed by atoms with Gasteiger partial charge >= 0.3 is 5.97 Å². The predicted molar refractivity (Wildman–Crippen MR) is 134 cm³/mol. The summed E-state index contributed by atoms with van der Waals surface area (Å²) in [5, 5.41) is 3.04. The quantitative estimate of drug-likeness (QED) is 0.389. The molecule has 0 saturated carbocycles. The molecule has 1 aromatic heterocycles. The number of methoxy groups -OCH3 is 1. The maximum Gasteiger partial charge on any atom is 0.339 e. The largest absolute Gasteiger partial charge is 0.476 e. The molecule has 0 radical (unpaired) electrons. The number of carbonyl (C=O) groups is 2. The summed E-state index contributed by atoms with van der Waals surface area (Å²) in [6, 6.07) is 17.6. The van der Waals surface area contributed by atoms with Gasteiger partial charge in [0.2, 0.25) is 11.2 Å². The average molecular weight is 472 g/mol. The third-order valence-corrected chi connectivity index (χ3v) is 5.56. The number of anilines is 1. The molecule has 0 fully saturated rings. The second-order valence-corrected chi connectivity index (χ2v) is 8.28. The number of fused-ring (bicyclic) bond motifs is 1. The first kappa shape index (κ1) is 23.8. The lowest BCUT2D eigenvalue weighted by atomic mass is 10.0. The Hall–Kier alpha value is -4.39. The van der Waals surface area contributed by atoms with Crippen LogP contribution in [0.1, 0.15) is 27.0 Å². The molecule has 0 atom stereocenters. The van der Waals surface area contributed by atoms with E-state index in [0.29, 0.717) is 16.5 Å². The highest BCUT2D eigenvalue weighted by Crippen LogP contribution is 2.32. The van der Waals surface area contributed by atoms with E-state index in [1.54, 1.807) is 24.3 Å². The van der Waals surface area contributed by atoms with E-state index in [0.717, 1.165) is 16.7 Å². The van der Waals surface area contributed by atoms with Gasteiger partial charge in [0, 0.05) is 5.56 Å². The molecule has 7 nitrogen and oxygen atoms in total. The SMILES string of the molecule is COC(=O)c1ccccc1NC(=O)COc1c(-c2ccc(C)cc2)oc2cc(C)cc(C)c2c1=O. The number of hydrogen-bond donors (Lipinski definition) is 1. The average Bonchev–Trinajstić information content (AvgIpc) is 2.83. The molecule has 0 bridgehead atoms. The Morgan fingerprint density at radius 3 is 2.37 bits per heavy atom. The lowest BCUT2D eigenvalue weighted by Gasteiger charge is -2.14. The molecular formula is C28H25NO6. The van der Waals surface area contributed by atoms with E-state index in [-0.39, 0.29) is 28.2 Å². The predicted octanol–water partition coefficient (Wildman–Crippen LogP) is 5.19. The van der Waals surface area contributed by atoms with Crippen molar-refractivity contribution >= 4 is 28.5 Å². The first-order valence-electron chi connectivity index (χ1n) is 11.0. The zero-order valence-electron chi connectivity index (χ0n) is 19.9. The van der Waals surface area contributed by atoms with Crippen molar-refractivity contribution in [2.45, 2.75) is 20.8 Å². The summed E-state index contributed by atoms with van der Waals surface area (Å²) in [4.78, 5) is 38.2. The van der Waals surface area contributed by atoms with Crippen molar-refractivity contribution in [2.24, 2.45) is 0 Å². The van der Waals surface area contributed by atoms with Gasteiger partial charge in [0.1, 0.15) is 5.58 Å². The molecule has 0 aliphatic carbocycles. The highest BCUT2D eigenvalue weighted by atomic mass is 16.5. The number of aryl methyl sites for hydroxylation is 3. The van der Waals surface area contributed by atoms with E-state index in [2.05, 4.69) is 5.32 Å². The molecular weight excluding hydrogens is 446 g/mol. The summed E-state index contributed by atoms with van der Waals surface area (Å²) in [5.41, 5.74) is 4.00. The van der Waals surface area contributed by atoms with Gasteiger partial charge in [-0.3, -0.25) is 9.59 Å². The van der Waals surface area contributed by atoms with Gasteiger partial charge in [0.25, 0.3) is 5.91 Å². The van der Waals surface area contributed by atoms with Gasteiger partial charge < -0.3 is 19.2 Å². The fraction of sp³-hybridized carbons (Fsp3) is 0.179. The monoisotopic (exact) mass is 471 g/mol. The molecule has 0 unspecified atom stereocenters. The number of esters is 1. The highest BCUT2D eigenvalue weighted by molar-refractivity contribution is 6.01. The molecule has 0 aliphatic rings. The summed E-state index contributed by atoms with van der Waals surface area (Å²) in [7, 11) is 1.26. The number of carbonyl (C=O) groups excluding carboxylic acids is 2. The van der Waals surface area contributed by atoms with Gasteiger partial charge in [-0.15, -0.1) is 0 Å². The van der Waals surface area contributed by atoms with E-state index in [1.807, 2.05) is 57.2 Å². The molecule has 178 valence electrons. The molecule has 0 aliphatic heterocycles. The minimum Gasteiger partial charge on any atom is -0.476 e. The van der Waals surface area contributed by atoms with Gasteiger partial charge in [0.05, 0.1) is 23.7 Å². The van der Waals surface area contributed by atoms with Gasteiger partial charge in [-0.25, -0.2) is 4.79 Å². The van der Waals surface area contributed by atoms with Crippen LogP contribution in [-0.2, 0) is 9.53 Å². The van der Waals surface area contributed by atoms with Gasteiger partial charge in [-0.05, 0) is 50.1 Å². The molecule has 1 amide bonds. The third-order valence-electron chi connectivity index (χ3n) is 5.56. The number of amides is 1. The Kier molecular flexibility index (Phi) is 6.68. The van der Waals surface area contributed by atoms with Crippen LogP contribution in [0, 0.1) is 20.8 Å². The van der Waals surface area contributed by atoms with Crippen LogP contribution in [0.15, 0.2) is 69.9 Å². The fourth-order valence-corrected chi connectivity index (χ4v) is 3.90. The van der Waals surface area contributed by atoms with Crippen molar-refractivity contribution < 1.29 is 23.5 Å². The molecule has 35 heavy (non-hydrogen) atoms. The Balaban J connectivity index is 1.71. The number of benzene rings is 3. The van der Waals surface area contributed by atoms with Gasteiger partial charge in [0.15, 0.2) is 12.4 Å². The standard InChI is InChI=1S/C28H25NO6/c1-16-9-11-19(12-10-16)26-27(25(31)24-18(3)13-17(2)14-22(24)35-26)34-15-23(30)29-21-8-6-5-7-20(21)28(32)33-4/h5-14H,15H2,1-4H3,(H,29,30). The zero-order valence-corrected chi connectivity index (χ0v) is 19.9. The van der Waals surface area contributed by atoms with Crippen LogP contribution in [0.4, 0.5) is 5.69 Å². The Morgan fingerprint density at radius 2 is 1.66 bits per heavy atom. The minimum absolute atomic E-state index is 0.0512. The molecule has 3 aromatic carbocycles. The van der Waals surface area contributed by atoms with E-state index >= 15 is 0 Å². The third kappa shape index (κ3) is 4.94.